The maximum absolute atomic E-state index is 10.3. The van der Waals surface area contributed by atoms with E-state index in [1.807, 2.05) is 30.3 Å². The van der Waals surface area contributed by atoms with E-state index in [0.717, 1.165) is 26.5 Å². The fraction of sp³-hybridized carbons (Fsp3) is 0.333. The Morgan fingerprint density at radius 1 is 1.00 bits per heavy atom. The summed E-state index contributed by atoms with van der Waals surface area (Å²) in [6, 6.07) is 12.3. The molecule has 1 saturated carbocycles. The van der Waals surface area contributed by atoms with Crippen LogP contribution in [-0.2, 0) is 0 Å². The van der Waals surface area contributed by atoms with E-state index in [2.05, 4.69) is 15.5 Å². The van der Waals surface area contributed by atoms with Crippen molar-refractivity contribution in [2.45, 2.75) is 38.1 Å². The molecule has 23 heavy (non-hydrogen) atoms. The Balaban J connectivity index is 1.62. The lowest BCUT2D eigenvalue weighted by atomic mass is 9.96. The molecule has 0 aliphatic heterocycles. The van der Waals surface area contributed by atoms with E-state index in [-0.39, 0.29) is 5.75 Å². The normalized spacial score (nSPS) is 15.8. The van der Waals surface area contributed by atoms with Gasteiger partial charge in [-0.1, -0.05) is 54.9 Å². The van der Waals surface area contributed by atoms with Crippen molar-refractivity contribution in [3.8, 4) is 16.3 Å². The molecule has 0 saturated heterocycles. The van der Waals surface area contributed by atoms with Gasteiger partial charge in [0.15, 0.2) is 5.01 Å². The van der Waals surface area contributed by atoms with Gasteiger partial charge >= 0.3 is 0 Å². The summed E-state index contributed by atoms with van der Waals surface area (Å²) in [6.07, 6.45) is 6.32. The van der Waals surface area contributed by atoms with Gasteiger partial charge in [0.05, 0.1) is 5.56 Å². The number of nitrogens with zero attached hydrogens (tertiary/aromatic N) is 2. The Morgan fingerprint density at radius 3 is 2.52 bits per heavy atom. The third-order valence-corrected chi connectivity index (χ3v) is 5.34. The number of anilines is 1. The van der Waals surface area contributed by atoms with Crippen LogP contribution in [0.1, 0.15) is 32.1 Å². The Bertz CT molecular complexity index is 824. The number of phenols is 1. The van der Waals surface area contributed by atoms with Crippen LogP contribution in [0.25, 0.3) is 21.3 Å². The second-order valence-electron chi connectivity index (χ2n) is 6.11. The molecule has 1 fully saturated rings. The number of hydrogen-bond donors (Lipinski definition) is 2. The standard InChI is InChI=1S/C18H19N3OS/c22-16-11-13-7-5-4-6-12(13)10-15(16)17-20-21-18(23-17)19-14-8-2-1-3-9-14/h4-7,10-11,14,22H,1-3,8-9H2,(H,19,21). The summed E-state index contributed by atoms with van der Waals surface area (Å²) in [4.78, 5) is 0. The maximum atomic E-state index is 10.3. The molecule has 0 atom stereocenters. The number of rotatable bonds is 3. The van der Waals surface area contributed by atoms with Gasteiger partial charge in [-0.15, -0.1) is 10.2 Å². The van der Waals surface area contributed by atoms with Crippen molar-refractivity contribution in [2.75, 3.05) is 5.32 Å². The largest absolute Gasteiger partial charge is 0.507 e. The van der Waals surface area contributed by atoms with Gasteiger partial charge in [-0.05, 0) is 35.7 Å². The zero-order valence-corrected chi connectivity index (χ0v) is 13.6. The van der Waals surface area contributed by atoms with Crippen LogP contribution in [0, 0.1) is 0 Å². The van der Waals surface area contributed by atoms with Crippen LogP contribution in [-0.4, -0.2) is 21.3 Å². The lowest BCUT2D eigenvalue weighted by Crippen LogP contribution is -2.21. The van der Waals surface area contributed by atoms with Crippen molar-refractivity contribution in [1.29, 1.82) is 0 Å². The van der Waals surface area contributed by atoms with Crippen LogP contribution in [0.5, 0.6) is 5.75 Å². The molecule has 0 radical (unpaired) electrons. The Morgan fingerprint density at radius 2 is 1.74 bits per heavy atom. The molecule has 0 amide bonds. The number of nitrogens with one attached hydrogen (secondary N) is 1. The number of phenolic OH excluding ortho intramolecular Hbond substituents is 1. The molecule has 1 aliphatic carbocycles. The minimum Gasteiger partial charge on any atom is -0.507 e. The molecule has 2 aromatic carbocycles. The molecule has 1 aromatic heterocycles. The summed E-state index contributed by atoms with van der Waals surface area (Å²) >= 11 is 1.51. The number of aromatic nitrogens is 2. The predicted octanol–water partition coefficient (Wildman–Crippen LogP) is 4.81. The summed E-state index contributed by atoms with van der Waals surface area (Å²) in [5.74, 6) is 0.254. The number of hydrogen-bond acceptors (Lipinski definition) is 5. The van der Waals surface area contributed by atoms with Crippen LogP contribution in [0.15, 0.2) is 36.4 Å². The maximum Gasteiger partial charge on any atom is 0.206 e. The highest BCUT2D eigenvalue weighted by Gasteiger charge is 2.17. The van der Waals surface area contributed by atoms with E-state index in [1.165, 1.54) is 43.4 Å². The average Bonchev–Trinajstić information content (AvgIpc) is 3.03. The van der Waals surface area contributed by atoms with Crippen LogP contribution < -0.4 is 5.32 Å². The van der Waals surface area contributed by atoms with E-state index in [0.29, 0.717) is 6.04 Å². The molecule has 118 valence electrons. The van der Waals surface area contributed by atoms with E-state index in [4.69, 9.17) is 0 Å². The summed E-state index contributed by atoms with van der Waals surface area (Å²) in [6.45, 7) is 0. The second kappa shape index (κ2) is 6.16. The van der Waals surface area contributed by atoms with Crippen molar-refractivity contribution >= 4 is 27.2 Å². The van der Waals surface area contributed by atoms with E-state index in [1.54, 1.807) is 6.07 Å². The van der Waals surface area contributed by atoms with Crippen molar-refractivity contribution in [3.05, 3.63) is 36.4 Å². The number of benzene rings is 2. The van der Waals surface area contributed by atoms with Gasteiger partial charge in [0.1, 0.15) is 5.75 Å². The molecule has 1 heterocycles. The molecule has 0 bridgehead atoms. The molecular formula is C18H19N3OS. The predicted molar refractivity (Wildman–Crippen MR) is 95.0 cm³/mol. The Kier molecular flexibility index (Phi) is 3.87. The first-order valence-corrected chi connectivity index (χ1v) is 8.93. The summed E-state index contributed by atoms with van der Waals surface area (Å²) < 4.78 is 0. The van der Waals surface area contributed by atoms with Gasteiger partial charge < -0.3 is 10.4 Å². The minimum atomic E-state index is 0.254. The molecule has 2 N–H and O–H groups in total. The number of aromatic hydroxyl groups is 1. The van der Waals surface area contributed by atoms with Gasteiger partial charge in [-0.25, -0.2) is 0 Å². The fourth-order valence-electron chi connectivity index (χ4n) is 3.21. The Labute approximate surface area is 139 Å². The molecule has 5 heteroatoms. The topological polar surface area (TPSA) is 58.0 Å². The van der Waals surface area contributed by atoms with Crippen LogP contribution in [0.3, 0.4) is 0 Å². The van der Waals surface area contributed by atoms with E-state index < -0.39 is 0 Å². The van der Waals surface area contributed by atoms with Gasteiger partial charge in [0.25, 0.3) is 0 Å². The zero-order valence-electron chi connectivity index (χ0n) is 12.8. The smallest absolute Gasteiger partial charge is 0.206 e. The van der Waals surface area contributed by atoms with Crippen molar-refractivity contribution in [2.24, 2.45) is 0 Å². The molecule has 1 aliphatic rings. The SMILES string of the molecule is Oc1cc2ccccc2cc1-c1nnc(NC2CCCCC2)s1. The lowest BCUT2D eigenvalue weighted by molar-refractivity contribution is 0.462. The van der Waals surface area contributed by atoms with Gasteiger partial charge in [-0.2, -0.15) is 0 Å². The average molecular weight is 325 g/mol. The summed E-state index contributed by atoms with van der Waals surface area (Å²) in [7, 11) is 0. The van der Waals surface area contributed by atoms with Crippen molar-refractivity contribution in [3.63, 3.8) is 0 Å². The molecule has 4 rings (SSSR count). The first kappa shape index (κ1) is 14.5. The van der Waals surface area contributed by atoms with Gasteiger partial charge in [0, 0.05) is 6.04 Å². The van der Waals surface area contributed by atoms with Crippen LogP contribution >= 0.6 is 11.3 Å². The van der Waals surface area contributed by atoms with E-state index in [9.17, 15) is 5.11 Å². The van der Waals surface area contributed by atoms with Crippen molar-refractivity contribution in [1.82, 2.24) is 10.2 Å². The minimum absolute atomic E-state index is 0.254. The Hall–Kier alpha value is -2.14. The van der Waals surface area contributed by atoms with Crippen LogP contribution in [0.4, 0.5) is 5.13 Å². The highest BCUT2D eigenvalue weighted by molar-refractivity contribution is 7.18. The summed E-state index contributed by atoms with van der Waals surface area (Å²) in [5.41, 5.74) is 0.748. The first-order valence-electron chi connectivity index (χ1n) is 8.12. The van der Waals surface area contributed by atoms with Gasteiger partial charge in [0.2, 0.25) is 5.13 Å². The highest BCUT2D eigenvalue weighted by Crippen LogP contribution is 2.36. The molecule has 3 aromatic rings. The number of fused-ring (bicyclic) bond motifs is 1. The fourth-order valence-corrected chi connectivity index (χ4v) is 4.06. The van der Waals surface area contributed by atoms with E-state index >= 15 is 0 Å². The second-order valence-corrected chi connectivity index (χ2v) is 7.09. The molecular weight excluding hydrogens is 306 g/mol. The van der Waals surface area contributed by atoms with Crippen molar-refractivity contribution < 1.29 is 5.11 Å². The quantitative estimate of drug-likeness (QED) is 0.725. The summed E-state index contributed by atoms with van der Waals surface area (Å²) in [5, 5.41) is 26.0. The monoisotopic (exact) mass is 325 g/mol. The highest BCUT2D eigenvalue weighted by atomic mass is 32.1. The third kappa shape index (κ3) is 3.01. The molecule has 0 spiro atoms. The zero-order chi connectivity index (χ0) is 15.6. The molecule has 0 unspecified atom stereocenters. The third-order valence-electron chi connectivity index (χ3n) is 4.45. The molecule has 4 nitrogen and oxygen atoms in total. The lowest BCUT2D eigenvalue weighted by Gasteiger charge is -2.21. The first-order chi connectivity index (χ1) is 11.3. The van der Waals surface area contributed by atoms with Crippen LogP contribution in [0.2, 0.25) is 0 Å². The van der Waals surface area contributed by atoms with Gasteiger partial charge in [-0.3, -0.25) is 0 Å².